The molecule has 0 saturated heterocycles. The number of benzene rings is 1. The minimum absolute atomic E-state index is 0.00949. The molecule has 9 heteroatoms. The number of carbonyl (C=O) groups excluding carboxylic acids is 1. The molecule has 29 heavy (non-hydrogen) atoms. The number of rotatable bonds is 5. The molecule has 2 fully saturated rings. The molecule has 2 aliphatic rings. The molecule has 0 aromatic heterocycles. The van der Waals surface area contributed by atoms with Gasteiger partial charge in [0.1, 0.15) is 0 Å². The first-order chi connectivity index (χ1) is 13.4. The van der Waals surface area contributed by atoms with Crippen molar-refractivity contribution in [2.24, 2.45) is 11.8 Å². The lowest BCUT2D eigenvalue weighted by atomic mass is 9.74. The molecule has 2 saturated carbocycles. The van der Waals surface area contributed by atoms with Gasteiger partial charge in [-0.1, -0.05) is 18.2 Å². The highest BCUT2D eigenvalue weighted by atomic mass is 19.4. The van der Waals surface area contributed by atoms with Crippen LogP contribution in [0.25, 0.3) is 0 Å². The van der Waals surface area contributed by atoms with Crippen LogP contribution < -0.4 is 0 Å². The maximum atomic E-state index is 13.1. The summed E-state index contributed by atoms with van der Waals surface area (Å²) >= 11 is 0. The van der Waals surface area contributed by atoms with Gasteiger partial charge < -0.3 is 10.0 Å². The quantitative estimate of drug-likeness (QED) is 0.681. The van der Waals surface area contributed by atoms with Crippen molar-refractivity contribution in [3.8, 4) is 0 Å². The monoisotopic (exact) mass is 423 g/mol. The maximum Gasteiger partial charge on any atom is 0.426 e. The van der Waals surface area contributed by atoms with Crippen LogP contribution in [0.4, 0.5) is 26.3 Å². The van der Waals surface area contributed by atoms with Gasteiger partial charge in [0.05, 0.1) is 0 Å². The van der Waals surface area contributed by atoms with Crippen molar-refractivity contribution < 1.29 is 36.2 Å². The predicted molar refractivity (Wildman–Crippen MR) is 93.0 cm³/mol. The third kappa shape index (κ3) is 4.39. The third-order valence-corrected chi connectivity index (χ3v) is 6.03. The Morgan fingerprint density at radius 1 is 0.897 bits per heavy atom. The zero-order valence-electron chi connectivity index (χ0n) is 15.6. The number of amides is 1. The van der Waals surface area contributed by atoms with Crippen molar-refractivity contribution >= 4 is 5.91 Å². The normalized spacial score (nSPS) is 23.7. The van der Waals surface area contributed by atoms with Crippen LogP contribution in [0.3, 0.4) is 0 Å². The van der Waals surface area contributed by atoms with Crippen LogP contribution in [0.2, 0.25) is 0 Å². The number of alkyl halides is 6. The second kappa shape index (κ2) is 7.81. The molecular formula is C20H23F6NO2. The summed E-state index contributed by atoms with van der Waals surface area (Å²) in [6, 6.07) is 7.99. The van der Waals surface area contributed by atoms with Crippen LogP contribution in [-0.2, 0) is 0 Å². The Hall–Kier alpha value is -1.77. The lowest BCUT2D eigenvalue weighted by molar-refractivity contribution is -0.387. The molecule has 3 nitrogen and oxygen atoms in total. The first kappa shape index (κ1) is 21.9. The Morgan fingerprint density at radius 2 is 1.41 bits per heavy atom. The topological polar surface area (TPSA) is 40.5 Å². The highest BCUT2D eigenvalue weighted by molar-refractivity contribution is 5.94. The van der Waals surface area contributed by atoms with Crippen molar-refractivity contribution in [3.05, 3.63) is 35.9 Å². The molecule has 0 heterocycles. The second-order valence-electron chi connectivity index (χ2n) is 8.03. The first-order valence-corrected chi connectivity index (χ1v) is 9.67. The molecule has 162 valence electrons. The van der Waals surface area contributed by atoms with E-state index in [9.17, 15) is 36.2 Å². The van der Waals surface area contributed by atoms with E-state index in [1.54, 1.807) is 35.2 Å². The van der Waals surface area contributed by atoms with E-state index in [2.05, 4.69) is 0 Å². The van der Waals surface area contributed by atoms with Gasteiger partial charge in [-0.15, -0.1) is 0 Å². The SMILES string of the molecule is O=C(c1ccccc1)N(CC1CC1)C1CCC(C(O)(C(F)(F)F)C(F)(F)F)CC1. The van der Waals surface area contributed by atoms with E-state index in [-0.39, 0.29) is 18.7 Å². The van der Waals surface area contributed by atoms with Crippen molar-refractivity contribution in [1.82, 2.24) is 4.90 Å². The number of aliphatic hydroxyl groups is 1. The Labute approximate surface area is 164 Å². The van der Waals surface area contributed by atoms with Gasteiger partial charge in [-0.25, -0.2) is 0 Å². The third-order valence-electron chi connectivity index (χ3n) is 6.03. The number of nitrogens with zero attached hydrogens (tertiary/aromatic N) is 1. The van der Waals surface area contributed by atoms with Crippen LogP contribution >= 0.6 is 0 Å². The average Bonchev–Trinajstić information content (AvgIpc) is 3.48. The standard InChI is InChI=1S/C20H23F6NO2/c21-19(22,23)18(29,20(24,25)26)15-8-10-16(11-9-15)27(12-13-6-7-13)17(28)14-4-2-1-3-5-14/h1-5,13,15-16,29H,6-12H2. The van der Waals surface area contributed by atoms with Crippen molar-refractivity contribution in [2.45, 2.75) is 62.5 Å². The largest absolute Gasteiger partial charge is 0.426 e. The molecule has 2 aliphatic carbocycles. The van der Waals surface area contributed by atoms with Crippen molar-refractivity contribution in [1.29, 1.82) is 0 Å². The van der Waals surface area contributed by atoms with Crippen LogP contribution in [0.1, 0.15) is 48.9 Å². The minimum atomic E-state index is -5.81. The molecule has 0 radical (unpaired) electrons. The highest BCUT2D eigenvalue weighted by Crippen LogP contribution is 2.52. The summed E-state index contributed by atoms with van der Waals surface area (Å²) in [6.45, 7) is 0.450. The van der Waals surface area contributed by atoms with Gasteiger partial charge in [0.2, 0.25) is 0 Å². The second-order valence-corrected chi connectivity index (χ2v) is 8.03. The van der Waals surface area contributed by atoms with Gasteiger partial charge in [-0.2, -0.15) is 26.3 Å². The zero-order chi connectivity index (χ0) is 21.4. The van der Waals surface area contributed by atoms with Gasteiger partial charge in [-0.05, 0) is 56.6 Å². The van der Waals surface area contributed by atoms with E-state index in [0.29, 0.717) is 18.0 Å². The lowest BCUT2D eigenvalue weighted by Crippen LogP contribution is -2.62. The van der Waals surface area contributed by atoms with Crippen LogP contribution in [-0.4, -0.2) is 46.5 Å². The number of carbonyl (C=O) groups is 1. The predicted octanol–water partition coefficient (Wildman–Crippen LogP) is 4.95. The summed E-state index contributed by atoms with van der Waals surface area (Å²) < 4.78 is 78.8. The van der Waals surface area contributed by atoms with Gasteiger partial charge in [0.25, 0.3) is 11.5 Å². The smallest absolute Gasteiger partial charge is 0.373 e. The Morgan fingerprint density at radius 3 is 1.86 bits per heavy atom. The van der Waals surface area contributed by atoms with Crippen LogP contribution in [0.5, 0.6) is 0 Å². The van der Waals surface area contributed by atoms with E-state index in [1.165, 1.54) is 0 Å². The molecule has 1 N–H and O–H groups in total. The molecule has 3 rings (SSSR count). The Bertz CT molecular complexity index is 692. The molecule has 1 amide bonds. The van der Waals surface area contributed by atoms with E-state index >= 15 is 0 Å². The molecule has 1 aromatic rings. The van der Waals surface area contributed by atoms with Crippen molar-refractivity contribution in [2.75, 3.05) is 6.54 Å². The number of hydrogen-bond acceptors (Lipinski definition) is 2. The zero-order valence-corrected chi connectivity index (χ0v) is 15.6. The summed E-state index contributed by atoms with van der Waals surface area (Å²) in [5.74, 6) is -1.92. The van der Waals surface area contributed by atoms with Gasteiger partial charge in [0.15, 0.2) is 0 Å². The van der Waals surface area contributed by atoms with Gasteiger partial charge >= 0.3 is 12.4 Å². The average molecular weight is 423 g/mol. The summed E-state index contributed by atoms with van der Waals surface area (Å²) in [5, 5.41) is 9.65. The summed E-state index contributed by atoms with van der Waals surface area (Å²) in [7, 11) is 0. The number of hydrogen-bond donors (Lipinski definition) is 1. The molecular weight excluding hydrogens is 400 g/mol. The fourth-order valence-corrected chi connectivity index (χ4v) is 4.15. The van der Waals surface area contributed by atoms with Crippen molar-refractivity contribution in [3.63, 3.8) is 0 Å². The minimum Gasteiger partial charge on any atom is -0.373 e. The van der Waals surface area contributed by atoms with Crippen LogP contribution in [0.15, 0.2) is 30.3 Å². The summed E-state index contributed by atoms with van der Waals surface area (Å²) in [5.41, 5.74) is -4.28. The van der Waals surface area contributed by atoms with E-state index in [4.69, 9.17) is 0 Å². The molecule has 1 aromatic carbocycles. The molecule has 0 aliphatic heterocycles. The molecule has 0 unspecified atom stereocenters. The summed E-state index contributed by atoms with van der Waals surface area (Å²) in [4.78, 5) is 14.5. The highest BCUT2D eigenvalue weighted by Gasteiger charge is 2.73. The van der Waals surface area contributed by atoms with Gasteiger partial charge in [-0.3, -0.25) is 4.79 Å². The Kier molecular flexibility index (Phi) is 5.91. The summed E-state index contributed by atoms with van der Waals surface area (Å²) in [6.07, 6.45) is -10.6. The fourth-order valence-electron chi connectivity index (χ4n) is 4.15. The fraction of sp³-hybridized carbons (Fsp3) is 0.650. The van der Waals surface area contributed by atoms with E-state index in [0.717, 1.165) is 12.8 Å². The molecule has 0 atom stereocenters. The molecule has 0 spiro atoms. The first-order valence-electron chi connectivity index (χ1n) is 9.67. The Balaban J connectivity index is 1.75. The van der Waals surface area contributed by atoms with E-state index < -0.39 is 42.8 Å². The van der Waals surface area contributed by atoms with Gasteiger partial charge in [0, 0.05) is 24.1 Å². The van der Waals surface area contributed by atoms with Crippen LogP contribution in [0, 0.1) is 11.8 Å². The maximum absolute atomic E-state index is 13.1. The lowest BCUT2D eigenvalue weighted by Gasteiger charge is -2.44. The van der Waals surface area contributed by atoms with E-state index in [1.807, 2.05) is 0 Å². The molecule has 0 bridgehead atoms. The number of halogens is 6.